The fourth-order valence-corrected chi connectivity index (χ4v) is 1.81. The monoisotopic (exact) mass is 269 g/mol. The SMILES string of the molecule is Cc1cnc(C(=O)NC(=O)CCCN=C(N)N)s1. The van der Waals surface area contributed by atoms with E-state index >= 15 is 0 Å². The summed E-state index contributed by atoms with van der Waals surface area (Å²) in [7, 11) is 0. The van der Waals surface area contributed by atoms with Crippen LogP contribution >= 0.6 is 11.3 Å². The van der Waals surface area contributed by atoms with E-state index in [-0.39, 0.29) is 23.3 Å². The van der Waals surface area contributed by atoms with Crippen LogP contribution in [0.15, 0.2) is 11.2 Å². The van der Waals surface area contributed by atoms with Gasteiger partial charge in [0.25, 0.3) is 5.91 Å². The minimum atomic E-state index is -0.472. The highest BCUT2D eigenvalue weighted by Crippen LogP contribution is 2.10. The van der Waals surface area contributed by atoms with Gasteiger partial charge in [0.1, 0.15) is 0 Å². The molecule has 0 radical (unpaired) electrons. The Labute approximate surface area is 108 Å². The molecule has 0 saturated heterocycles. The van der Waals surface area contributed by atoms with E-state index in [9.17, 15) is 9.59 Å². The molecule has 18 heavy (non-hydrogen) atoms. The Morgan fingerprint density at radius 1 is 1.50 bits per heavy atom. The average Bonchev–Trinajstić information content (AvgIpc) is 2.71. The van der Waals surface area contributed by atoms with E-state index < -0.39 is 5.91 Å². The molecule has 0 aliphatic rings. The van der Waals surface area contributed by atoms with Gasteiger partial charge in [-0.05, 0) is 13.3 Å². The summed E-state index contributed by atoms with van der Waals surface area (Å²) >= 11 is 1.24. The number of nitrogens with zero attached hydrogens (tertiary/aromatic N) is 2. The first-order valence-corrected chi connectivity index (χ1v) is 6.12. The van der Waals surface area contributed by atoms with Crippen LogP contribution in [0.5, 0.6) is 0 Å². The van der Waals surface area contributed by atoms with E-state index in [4.69, 9.17) is 11.5 Å². The maximum atomic E-state index is 11.6. The summed E-state index contributed by atoms with van der Waals surface area (Å²) in [5.41, 5.74) is 10.3. The minimum absolute atomic E-state index is 0.00950. The van der Waals surface area contributed by atoms with Gasteiger partial charge in [-0.1, -0.05) is 0 Å². The van der Waals surface area contributed by atoms with Crippen molar-refractivity contribution in [3.8, 4) is 0 Å². The lowest BCUT2D eigenvalue weighted by Crippen LogP contribution is -2.30. The van der Waals surface area contributed by atoms with E-state index in [0.717, 1.165) is 4.88 Å². The summed E-state index contributed by atoms with van der Waals surface area (Å²) in [6.45, 7) is 2.20. The van der Waals surface area contributed by atoms with Crippen molar-refractivity contribution < 1.29 is 9.59 Å². The zero-order chi connectivity index (χ0) is 13.5. The standard InChI is InChI=1S/C10H15N5O2S/c1-6-5-14-9(18-6)8(17)15-7(16)3-2-4-13-10(11)12/h5H,2-4H2,1H3,(H4,11,12,13)(H,15,16,17). The summed E-state index contributed by atoms with van der Waals surface area (Å²) in [4.78, 5) is 31.5. The molecule has 0 bridgehead atoms. The number of carbonyl (C=O) groups excluding carboxylic acids is 2. The van der Waals surface area contributed by atoms with Crippen molar-refractivity contribution in [3.63, 3.8) is 0 Å². The van der Waals surface area contributed by atoms with Crippen LogP contribution in [0.1, 0.15) is 27.5 Å². The number of aliphatic imine (C=N–C) groups is 1. The number of amides is 2. The van der Waals surface area contributed by atoms with Gasteiger partial charge in [-0.2, -0.15) is 0 Å². The molecule has 0 aliphatic carbocycles. The van der Waals surface area contributed by atoms with Crippen molar-refractivity contribution in [2.45, 2.75) is 19.8 Å². The molecule has 0 aliphatic heterocycles. The largest absolute Gasteiger partial charge is 0.370 e. The summed E-state index contributed by atoms with van der Waals surface area (Å²) in [6.07, 6.45) is 2.25. The number of aromatic nitrogens is 1. The van der Waals surface area contributed by atoms with E-state index in [2.05, 4.69) is 15.3 Å². The molecule has 0 unspecified atom stereocenters. The van der Waals surface area contributed by atoms with E-state index in [0.29, 0.717) is 13.0 Å². The van der Waals surface area contributed by atoms with Crippen LogP contribution in [0.3, 0.4) is 0 Å². The summed E-state index contributed by atoms with van der Waals surface area (Å²) in [6, 6.07) is 0. The Hall–Kier alpha value is -1.96. The van der Waals surface area contributed by atoms with E-state index in [1.807, 2.05) is 6.92 Å². The number of aryl methyl sites for hydroxylation is 1. The van der Waals surface area contributed by atoms with Crippen LogP contribution in [-0.2, 0) is 4.79 Å². The second kappa shape index (κ2) is 6.70. The van der Waals surface area contributed by atoms with Crippen molar-refractivity contribution in [3.05, 3.63) is 16.1 Å². The quantitative estimate of drug-likeness (QED) is 0.387. The van der Waals surface area contributed by atoms with E-state index in [1.54, 1.807) is 6.20 Å². The van der Waals surface area contributed by atoms with E-state index in [1.165, 1.54) is 11.3 Å². The maximum absolute atomic E-state index is 11.6. The zero-order valence-corrected chi connectivity index (χ0v) is 10.8. The number of nitrogens with one attached hydrogen (secondary N) is 1. The molecule has 1 rings (SSSR count). The van der Waals surface area contributed by atoms with Gasteiger partial charge in [-0.25, -0.2) is 4.98 Å². The van der Waals surface area contributed by atoms with Crippen molar-refractivity contribution in [1.29, 1.82) is 0 Å². The molecule has 1 heterocycles. The fourth-order valence-electron chi connectivity index (χ4n) is 1.15. The molecular weight excluding hydrogens is 254 g/mol. The van der Waals surface area contributed by atoms with Crippen LogP contribution in [0.4, 0.5) is 0 Å². The molecule has 7 nitrogen and oxygen atoms in total. The van der Waals surface area contributed by atoms with Gasteiger partial charge >= 0.3 is 0 Å². The smallest absolute Gasteiger partial charge is 0.286 e. The molecule has 2 amide bonds. The molecule has 98 valence electrons. The van der Waals surface area contributed by atoms with Gasteiger partial charge < -0.3 is 11.5 Å². The Kier molecular flexibility index (Phi) is 5.25. The summed E-state index contributed by atoms with van der Waals surface area (Å²) < 4.78 is 0. The van der Waals surface area contributed by atoms with Crippen molar-refractivity contribution >= 4 is 29.1 Å². The van der Waals surface area contributed by atoms with Gasteiger partial charge in [-0.15, -0.1) is 11.3 Å². The zero-order valence-electron chi connectivity index (χ0n) is 9.97. The molecule has 0 fully saturated rings. The van der Waals surface area contributed by atoms with Crippen LogP contribution in [0, 0.1) is 6.92 Å². The first kappa shape index (κ1) is 14.1. The van der Waals surface area contributed by atoms with Crippen LogP contribution in [0.25, 0.3) is 0 Å². The first-order valence-electron chi connectivity index (χ1n) is 5.31. The normalized spacial score (nSPS) is 9.83. The van der Waals surface area contributed by atoms with Gasteiger partial charge in [0, 0.05) is 24.0 Å². The fraction of sp³-hybridized carbons (Fsp3) is 0.400. The van der Waals surface area contributed by atoms with Crippen molar-refractivity contribution in [1.82, 2.24) is 10.3 Å². The minimum Gasteiger partial charge on any atom is -0.370 e. The second-order valence-electron chi connectivity index (χ2n) is 3.56. The Morgan fingerprint density at radius 2 is 2.22 bits per heavy atom. The van der Waals surface area contributed by atoms with Gasteiger partial charge in [-0.3, -0.25) is 19.9 Å². The molecule has 0 saturated carbocycles. The Balaban J connectivity index is 2.32. The number of nitrogens with two attached hydrogens (primary N) is 2. The lowest BCUT2D eigenvalue weighted by molar-refractivity contribution is -0.120. The average molecular weight is 269 g/mol. The number of carbonyl (C=O) groups is 2. The number of rotatable bonds is 5. The highest BCUT2D eigenvalue weighted by molar-refractivity contribution is 7.13. The van der Waals surface area contributed by atoms with Gasteiger partial charge in [0.15, 0.2) is 11.0 Å². The number of guanidine groups is 1. The third-order valence-corrected chi connectivity index (χ3v) is 2.84. The molecule has 0 atom stereocenters. The topological polar surface area (TPSA) is 123 Å². The Bertz CT molecular complexity index is 465. The van der Waals surface area contributed by atoms with Gasteiger partial charge in [0.2, 0.25) is 5.91 Å². The first-order chi connectivity index (χ1) is 8.49. The second-order valence-corrected chi connectivity index (χ2v) is 4.80. The van der Waals surface area contributed by atoms with Crippen molar-refractivity contribution in [2.24, 2.45) is 16.5 Å². The highest BCUT2D eigenvalue weighted by Gasteiger charge is 2.12. The number of imide groups is 1. The predicted octanol–water partition coefficient (Wildman–Crippen LogP) is -0.238. The third-order valence-electron chi connectivity index (χ3n) is 1.92. The third kappa shape index (κ3) is 4.91. The number of hydrogen-bond donors (Lipinski definition) is 3. The molecule has 1 aromatic rings. The number of thiazole rings is 1. The van der Waals surface area contributed by atoms with Crippen LogP contribution < -0.4 is 16.8 Å². The lowest BCUT2D eigenvalue weighted by atomic mass is 10.3. The maximum Gasteiger partial charge on any atom is 0.286 e. The summed E-state index contributed by atoms with van der Waals surface area (Å²) in [5.74, 6) is -0.844. The van der Waals surface area contributed by atoms with Crippen LogP contribution in [0.2, 0.25) is 0 Å². The predicted molar refractivity (Wildman–Crippen MR) is 69.2 cm³/mol. The molecule has 1 aromatic heterocycles. The summed E-state index contributed by atoms with van der Waals surface area (Å²) in [5, 5.41) is 2.54. The molecule has 0 aromatic carbocycles. The lowest BCUT2D eigenvalue weighted by Gasteiger charge is -2.00. The molecule has 0 spiro atoms. The molecule has 8 heteroatoms. The van der Waals surface area contributed by atoms with Crippen LogP contribution in [-0.4, -0.2) is 29.3 Å². The van der Waals surface area contributed by atoms with Crippen molar-refractivity contribution in [2.75, 3.05) is 6.54 Å². The molecule has 5 N–H and O–H groups in total. The molecular formula is C10H15N5O2S. The Morgan fingerprint density at radius 3 is 2.78 bits per heavy atom. The number of hydrogen-bond acceptors (Lipinski definition) is 5. The van der Waals surface area contributed by atoms with Gasteiger partial charge in [0.05, 0.1) is 0 Å². The highest BCUT2D eigenvalue weighted by atomic mass is 32.1.